The van der Waals surface area contributed by atoms with Crippen LogP contribution in [0.4, 0.5) is 5.00 Å². The first kappa shape index (κ1) is 18.2. The number of rotatable bonds is 5. The third-order valence-electron chi connectivity index (χ3n) is 4.29. The van der Waals surface area contributed by atoms with E-state index < -0.39 is 0 Å². The molecular formula is C18H20N4O3S. The summed E-state index contributed by atoms with van der Waals surface area (Å²) in [6.45, 7) is 3.53. The van der Waals surface area contributed by atoms with Crippen LogP contribution in [0, 0.1) is 18.3 Å². The number of amides is 2. The van der Waals surface area contributed by atoms with E-state index in [-0.39, 0.29) is 24.4 Å². The van der Waals surface area contributed by atoms with Crippen molar-refractivity contribution in [2.45, 2.75) is 25.8 Å². The summed E-state index contributed by atoms with van der Waals surface area (Å²) in [5.74, 6) is 0.711. The van der Waals surface area contributed by atoms with Crippen molar-refractivity contribution in [2.24, 2.45) is 0 Å². The maximum absolute atomic E-state index is 12.2. The monoisotopic (exact) mass is 372 g/mol. The molecule has 3 rings (SSSR count). The molecule has 26 heavy (non-hydrogen) atoms. The standard InChI is InChI=1S/C18H20N4O3S/c1-12-2-3-15(25-12)17(24)20-14-4-7-22(8-5-14)11-16(23)21-18-13(10-19)6-9-26-18/h2-3,6,9,14H,4-5,7-8,11H2,1H3,(H,20,24)(H,21,23). The van der Waals surface area contributed by atoms with Crippen molar-refractivity contribution >= 4 is 28.2 Å². The molecule has 0 aromatic carbocycles. The molecule has 0 bridgehead atoms. The van der Waals surface area contributed by atoms with Gasteiger partial charge in [-0.05, 0) is 43.3 Å². The minimum Gasteiger partial charge on any atom is -0.456 e. The lowest BCUT2D eigenvalue weighted by atomic mass is 10.0. The van der Waals surface area contributed by atoms with Crippen molar-refractivity contribution in [3.8, 4) is 6.07 Å². The predicted octanol–water partition coefficient (Wildman–Crippen LogP) is 2.35. The molecule has 3 heterocycles. The number of likely N-dealkylation sites (tertiary alicyclic amines) is 1. The molecule has 2 N–H and O–H groups in total. The van der Waals surface area contributed by atoms with Gasteiger partial charge in [-0.1, -0.05) is 0 Å². The highest BCUT2D eigenvalue weighted by Gasteiger charge is 2.23. The second-order valence-electron chi connectivity index (χ2n) is 6.26. The Bertz CT molecular complexity index is 828. The van der Waals surface area contributed by atoms with Crippen LogP contribution in [0.5, 0.6) is 0 Å². The van der Waals surface area contributed by atoms with E-state index in [1.165, 1.54) is 11.3 Å². The van der Waals surface area contributed by atoms with Crippen LogP contribution in [-0.4, -0.2) is 42.4 Å². The van der Waals surface area contributed by atoms with E-state index in [0.29, 0.717) is 22.1 Å². The van der Waals surface area contributed by atoms with Gasteiger partial charge in [-0.2, -0.15) is 5.26 Å². The lowest BCUT2D eigenvalue weighted by Crippen LogP contribution is -2.46. The highest BCUT2D eigenvalue weighted by atomic mass is 32.1. The van der Waals surface area contributed by atoms with Gasteiger partial charge in [0.2, 0.25) is 5.91 Å². The second-order valence-corrected chi connectivity index (χ2v) is 7.17. The van der Waals surface area contributed by atoms with E-state index in [4.69, 9.17) is 9.68 Å². The molecule has 136 valence electrons. The lowest BCUT2D eigenvalue weighted by Gasteiger charge is -2.31. The zero-order chi connectivity index (χ0) is 18.5. The molecule has 0 radical (unpaired) electrons. The van der Waals surface area contributed by atoms with Gasteiger partial charge in [-0.25, -0.2) is 0 Å². The Hall–Kier alpha value is -2.63. The van der Waals surface area contributed by atoms with E-state index in [1.54, 1.807) is 30.5 Å². The van der Waals surface area contributed by atoms with Gasteiger partial charge in [-0.15, -0.1) is 11.3 Å². The maximum atomic E-state index is 12.2. The molecule has 0 saturated carbocycles. The Balaban J connectivity index is 1.43. The highest BCUT2D eigenvalue weighted by molar-refractivity contribution is 7.14. The molecule has 0 spiro atoms. The lowest BCUT2D eigenvalue weighted by molar-refractivity contribution is -0.117. The number of furan rings is 1. The number of aryl methyl sites for hydroxylation is 1. The van der Waals surface area contributed by atoms with Crippen molar-refractivity contribution in [3.05, 3.63) is 40.7 Å². The normalized spacial score (nSPS) is 15.4. The molecule has 1 aliphatic heterocycles. The number of nitrogens with one attached hydrogen (secondary N) is 2. The molecular weight excluding hydrogens is 352 g/mol. The summed E-state index contributed by atoms with van der Waals surface area (Å²) in [6.07, 6.45) is 1.56. The summed E-state index contributed by atoms with van der Waals surface area (Å²) in [4.78, 5) is 26.3. The quantitative estimate of drug-likeness (QED) is 0.839. The number of carbonyl (C=O) groups excluding carboxylic acids is 2. The zero-order valence-electron chi connectivity index (χ0n) is 14.4. The van der Waals surface area contributed by atoms with Crippen LogP contribution in [0.2, 0.25) is 0 Å². The van der Waals surface area contributed by atoms with Crippen LogP contribution in [-0.2, 0) is 4.79 Å². The topological polar surface area (TPSA) is 98.4 Å². The Labute approximate surface area is 155 Å². The van der Waals surface area contributed by atoms with Crippen molar-refractivity contribution < 1.29 is 14.0 Å². The first-order chi connectivity index (χ1) is 12.5. The fourth-order valence-corrected chi connectivity index (χ4v) is 3.67. The molecule has 1 saturated heterocycles. The number of piperidine rings is 1. The van der Waals surface area contributed by atoms with Crippen molar-refractivity contribution in [1.29, 1.82) is 5.26 Å². The summed E-state index contributed by atoms with van der Waals surface area (Å²) in [7, 11) is 0. The number of hydrogen-bond donors (Lipinski definition) is 2. The first-order valence-electron chi connectivity index (χ1n) is 8.42. The number of nitrogens with zero attached hydrogens (tertiary/aromatic N) is 2. The van der Waals surface area contributed by atoms with Gasteiger partial charge in [0.1, 0.15) is 16.8 Å². The Morgan fingerprint density at radius 1 is 1.35 bits per heavy atom. The van der Waals surface area contributed by atoms with Crippen LogP contribution in [0.25, 0.3) is 0 Å². The fraction of sp³-hybridized carbons (Fsp3) is 0.389. The van der Waals surface area contributed by atoms with E-state index >= 15 is 0 Å². The van der Waals surface area contributed by atoms with Crippen molar-refractivity contribution in [3.63, 3.8) is 0 Å². The van der Waals surface area contributed by atoms with E-state index in [0.717, 1.165) is 25.9 Å². The number of carbonyl (C=O) groups is 2. The number of anilines is 1. The van der Waals surface area contributed by atoms with Crippen LogP contribution >= 0.6 is 11.3 Å². The number of nitriles is 1. The van der Waals surface area contributed by atoms with Gasteiger partial charge in [0.15, 0.2) is 5.76 Å². The predicted molar refractivity (Wildman–Crippen MR) is 98.0 cm³/mol. The van der Waals surface area contributed by atoms with Gasteiger partial charge in [0, 0.05) is 19.1 Å². The van der Waals surface area contributed by atoms with Crippen LogP contribution in [0.3, 0.4) is 0 Å². The van der Waals surface area contributed by atoms with Gasteiger partial charge >= 0.3 is 0 Å². The van der Waals surface area contributed by atoms with Gasteiger partial charge in [0.05, 0.1) is 12.1 Å². The van der Waals surface area contributed by atoms with Gasteiger partial charge < -0.3 is 15.1 Å². The fourth-order valence-electron chi connectivity index (χ4n) is 2.91. The largest absolute Gasteiger partial charge is 0.456 e. The number of hydrogen-bond acceptors (Lipinski definition) is 6. The first-order valence-corrected chi connectivity index (χ1v) is 9.30. The molecule has 1 aliphatic rings. The molecule has 2 aromatic heterocycles. The molecule has 7 nitrogen and oxygen atoms in total. The third-order valence-corrected chi connectivity index (χ3v) is 5.12. The second kappa shape index (κ2) is 8.17. The number of thiophene rings is 1. The summed E-state index contributed by atoms with van der Waals surface area (Å²) in [5.41, 5.74) is 0.484. The van der Waals surface area contributed by atoms with Gasteiger partial charge in [0.25, 0.3) is 5.91 Å². The molecule has 0 aliphatic carbocycles. The molecule has 0 unspecified atom stereocenters. The zero-order valence-corrected chi connectivity index (χ0v) is 15.3. The van der Waals surface area contributed by atoms with Gasteiger partial charge in [-0.3, -0.25) is 14.5 Å². The summed E-state index contributed by atoms with van der Waals surface area (Å²) in [6, 6.07) is 7.26. The molecule has 2 aromatic rings. The van der Waals surface area contributed by atoms with Crippen LogP contribution < -0.4 is 10.6 Å². The van der Waals surface area contributed by atoms with E-state index in [1.807, 2.05) is 0 Å². The summed E-state index contributed by atoms with van der Waals surface area (Å²) in [5, 5.41) is 17.1. The van der Waals surface area contributed by atoms with E-state index in [2.05, 4.69) is 21.6 Å². The van der Waals surface area contributed by atoms with Crippen LogP contribution in [0.15, 0.2) is 28.0 Å². The van der Waals surface area contributed by atoms with E-state index in [9.17, 15) is 9.59 Å². The average molecular weight is 372 g/mol. The molecule has 8 heteroatoms. The minimum absolute atomic E-state index is 0.0784. The smallest absolute Gasteiger partial charge is 0.287 e. The maximum Gasteiger partial charge on any atom is 0.287 e. The van der Waals surface area contributed by atoms with Crippen LogP contribution in [0.1, 0.15) is 34.7 Å². The minimum atomic E-state index is -0.198. The summed E-state index contributed by atoms with van der Waals surface area (Å²) < 4.78 is 5.33. The SMILES string of the molecule is Cc1ccc(C(=O)NC2CCN(CC(=O)Nc3sccc3C#N)CC2)o1. The van der Waals surface area contributed by atoms with Crippen molar-refractivity contribution in [2.75, 3.05) is 25.0 Å². The highest BCUT2D eigenvalue weighted by Crippen LogP contribution is 2.22. The Morgan fingerprint density at radius 3 is 2.77 bits per heavy atom. The molecule has 1 fully saturated rings. The average Bonchev–Trinajstić information content (AvgIpc) is 3.25. The molecule has 2 amide bonds. The summed E-state index contributed by atoms with van der Waals surface area (Å²) >= 11 is 1.34. The molecule has 0 atom stereocenters. The van der Waals surface area contributed by atoms with Crippen molar-refractivity contribution in [1.82, 2.24) is 10.2 Å². The Morgan fingerprint density at radius 2 is 2.12 bits per heavy atom. The Kier molecular flexibility index (Phi) is 5.71. The third kappa shape index (κ3) is 4.50.